The summed E-state index contributed by atoms with van der Waals surface area (Å²) in [6, 6.07) is 0. The normalized spacial score (nSPS) is 17.7. The zero-order chi connectivity index (χ0) is 11.1. The van der Waals surface area contributed by atoms with Crippen LogP contribution >= 0.6 is 0 Å². The molecule has 0 radical (unpaired) electrons. The summed E-state index contributed by atoms with van der Waals surface area (Å²) >= 11 is 0. The molecule has 15 heavy (non-hydrogen) atoms. The minimum atomic E-state index is 0.255. The molecule has 1 aliphatic heterocycles. The molecule has 88 valence electrons. The minimum Gasteiger partial charge on any atom is -0.345 e. The number of unbranched alkanes of at least 4 members (excludes halogenated alkanes) is 1. The van der Waals surface area contributed by atoms with Gasteiger partial charge in [-0.15, -0.1) is 0 Å². The lowest BCUT2D eigenvalue weighted by molar-refractivity contribution is -0.131. The third kappa shape index (κ3) is 4.62. The van der Waals surface area contributed by atoms with Gasteiger partial charge in [0.05, 0.1) is 6.54 Å². The van der Waals surface area contributed by atoms with Gasteiger partial charge in [0.15, 0.2) is 0 Å². The van der Waals surface area contributed by atoms with Crippen LogP contribution in [0.1, 0.15) is 19.8 Å². The highest BCUT2D eigenvalue weighted by Gasteiger charge is 2.15. The van der Waals surface area contributed by atoms with Crippen LogP contribution in [0, 0.1) is 0 Å². The molecule has 1 saturated heterocycles. The molecule has 1 rings (SSSR count). The molecule has 1 heterocycles. The van der Waals surface area contributed by atoms with Crippen molar-refractivity contribution in [2.45, 2.75) is 19.8 Å². The van der Waals surface area contributed by atoms with Crippen molar-refractivity contribution in [1.29, 1.82) is 0 Å². The van der Waals surface area contributed by atoms with Crippen molar-refractivity contribution in [1.82, 2.24) is 15.1 Å². The molecule has 4 nitrogen and oxygen atoms in total. The van der Waals surface area contributed by atoms with E-state index in [4.69, 9.17) is 0 Å². The summed E-state index contributed by atoms with van der Waals surface area (Å²) in [7, 11) is 1.90. The largest absolute Gasteiger partial charge is 0.345 e. The number of nitrogens with one attached hydrogen (secondary N) is 1. The molecule has 0 atom stereocenters. The first kappa shape index (κ1) is 12.5. The van der Waals surface area contributed by atoms with E-state index in [1.54, 1.807) is 0 Å². The third-order valence-corrected chi connectivity index (χ3v) is 2.84. The molecule has 0 spiro atoms. The molecule has 1 amide bonds. The first-order valence-corrected chi connectivity index (χ1v) is 5.91. The third-order valence-electron chi connectivity index (χ3n) is 2.84. The van der Waals surface area contributed by atoms with E-state index in [1.807, 2.05) is 11.9 Å². The van der Waals surface area contributed by atoms with E-state index in [1.165, 1.54) is 0 Å². The number of amides is 1. The predicted octanol–water partition coefficient (Wildman–Crippen LogP) is 0.150. The van der Waals surface area contributed by atoms with Gasteiger partial charge in [-0.1, -0.05) is 13.3 Å². The minimum absolute atomic E-state index is 0.255. The Morgan fingerprint density at radius 2 is 2.07 bits per heavy atom. The van der Waals surface area contributed by atoms with Gasteiger partial charge in [0.2, 0.25) is 5.91 Å². The summed E-state index contributed by atoms with van der Waals surface area (Å²) in [6.07, 6.45) is 2.25. The lowest BCUT2D eigenvalue weighted by Crippen LogP contribution is -2.47. The Kier molecular flexibility index (Phi) is 5.65. The molecular formula is C11H23N3O. The Morgan fingerprint density at radius 1 is 1.40 bits per heavy atom. The lowest BCUT2D eigenvalue weighted by atomic mass is 10.3. The summed E-state index contributed by atoms with van der Waals surface area (Å²) in [5, 5.41) is 3.28. The number of carbonyl (C=O) groups is 1. The molecule has 1 N–H and O–H groups in total. The molecule has 4 heteroatoms. The van der Waals surface area contributed by atoms with Crippen LogP contribution in [-0.4, -0.2) is 62.0 Å². The maximum atomic E-state index is 11.8. The summed E-state index contributed by atoms with van der Waals surface area (Å²) in [5.41, 5.74) is 0. The smallest absolute Gasteiger partial charge is 0.236 e. The van der Waals surface area contributed by atoms with Crippen LogP contribution in [0.5, 0.6) is 0 Å². The molecule has 0 aromatic heterocycles. The Labute approximate surface area is 92.6 Å². The maximum absolute atomic E-state index is 11.8. The van der Waals surface area contributed by atoms with E-state index < -0.39 is 0 Å². The number of hydrogen-bond donors (Lipinski definition) is 1. The van der Waals surface area contributed by atoms with Gasteiger partial charge in [-0.25, -0.2) is 0 Å². The Bertz CT molecular complexity index is 190. The zero-order valence-electron chi connectivity index (χ0n) is 9.96. The fourth-order valence-corrected chi connectivity index (χ4v) is 1.70. The van der Waals surface area contributed by atoms with Crippen LogP contribution in [-0.2, 0) is 4.79 Å². The fourth-order valence-electron chi connectivity index (χ4n) is 1.70. The van der Waals surface area contributed by atoms with Gasteiger partial charge in [0.1, 0.15) is 0 Å². The van der Waals surface area contributed by atoms with E-state index in [9.17, 15) is 4.79 Å². The van der Waals surface area contributed by atoms with Crippen LogP contribution in [0.3, 0.4) is 0 Å². The number of likely N-dealkylation sites (N-methyl/N-ethyl adjacent to an activating group) is 1. The van der Waals surface area contributed by atoms with Crippen LogP contribution < -0.4 is 5.32 Å². The van der Waals surface area contributed by atoms with E-state index in [-0.39, 0.29) is 5.91 Å². The van der Waals surface area contributed by atoms with Gasteiger partial charge >= 0.3 is 0 Å². The second kappa shape index (κ2) is 6.80. The summed E-state index contributed by atoms with van der Waals surface area (Å²) in [4.78, 5) is 15.9. The van der Waals surface area contributed by atoms with E-state index in [0.29, 0.717) is 6.54 Å². The predicted molar refractivity (Wildman–Crippen MR) is 61.9 cm³/mol. The van der Waals surface area contributed by atoms with E-state index in [0.717, 1.165) is 45.6 Å². The average Bonchev–Trinajstić information content (AvgIpc) is 2.27. The van der Waals surface area contributed by atoms with Crippen molar-refractivity contribution in [3.63, 3.8) is 0 Å². The van der Waals surface area contributed by atoms with Gasteiger partial charge < -0.3 is 10.2 Å². The van der Waals surface area contributed by atoms with Crippen molar-refractivity contribution in [3.8, 4) is 0 Å². The molecule has 1 fully saturated rings. The molecule has 1 aliphatic rings. The topological polar surface area (TPSA) is 35.6 Å². The maximum Gasteiger partial charge on any atom is 0.236 e. The van der Waals surface area contributed by atoms with Gasteiger partial charge in [0.25, 0.3) is 0 Å². The Hall–Kier alpha value is -0.610. The zero-order valence-corrected chi connectivity index (χ0v) is 9.96. The summed E-state index contributed by atoms with van der Waals surface area (Å²) < 4.78 is 0. The standard InChI is InChI=1S/C11H23N3O/c1-3-4-7-13(2)11(15)10-14-8-5-12-6-9-14/h12H,3-10H2,1-2H3. The van der Waals surface area contributed by atoms with Crippen LogP contribution in [0.2, 0.25) is 0 Å². The molecule has 0 aliphatic carbocycles. The van der Waals surface area contributed by atoms with Crippen molar-refractivity contribution in [2.24, 2.45) is 0 Å². The SMILES string of the molecule is CCCCN(C)C(=O)CN1CCNCC1. The van der Waals surface area contributed by atoms with Crippen LogP contribution in [0.4, 0.5) is 0 Å². The average molecular weight is 213 g/mol. The van der Waals surface area contributed by atoms with Crippen molar-refractivity contribution in [2.75, 3.05) is 46.3 Å². The first-order valence-electron chi connectivity index (χ1n) is 5.91. The second-order valence-electron chi connectivity index (χ2n) is 4.19. The molecular weight excluding hydrogens is 190 g/mol. The monoisotopic (exact) mass is 213 g/mol. The quantitative estimate of drug-likeness (QED) is 0.706. The number of rotatable bonds is 5. The molecule has 0 aromatic carbocycles. The summed E-state index contributed by atoms with van der Waals surface area (Å²) in [5.74, 6) is 0.255. The Balaban J connectivity index is 2.20. The van der Waals surface area contributed by atoms with Gasteiger partial charge in [0, 0.05) is 39.8 Å². The number of carbonyl (C=O) groups excluding carboxylic acids is 1. The van der Waals surface area contributed by atoms with Crippen molar-refractivity contribution < 1.29 is 4.79 Å². The molecule has 0 bridgehead atoms. The first-order chi connectivity index (χ1) is 7.24. The van der Waals surface area contributed by atoms with Crippen molar-refractivity contribution in [3.05, 3.63) is 0 Å². The van der Waals surface area contributed by atoms with E-state index >= 15 is 0 Å². The number of nitrogens with zero attached hydrogens (tertiary/aromatic N) is 2. The van der Waals surface area contributed by atoms with Gasteiger partial charge in [-0.2, -0.15) is 0 Å². The molecule has 0 unspecified atom stereocenters. The lowest BCUT2D eigenvalue weighted by Gasteiger charge is -2.28. The van der Waals surface area contributed by atoms with Gasteiger partial charge in [-0.05, 0) is 6.42 Å². The fraction of sp³-hybridized carbons (Fsp3) is 0.909. The van der Waals surface area contributed by atoms with Crippen LogP contribution in [0.15, 0.2) is 0 Å². The Morgan fingerprint density at radius 3 is 2.67 bits per heavy atom. The molecule has 0 aromatic rings. The number of piperazine rings is 1. The van der Waals surface area contributed by atoms with Gasteiger partial charge in [-0.3, -0.25) is 9.69 Å². The highest BCUT2D eigenvalue weighted by atomic mass is 16.2. The second-order valence-corrected chi connectivity index (χ2v) is 4.19. The van der Waals surface area contributed by atoms with Crippen LogP contribution in [0.25, 0.3) is 0 Å². The highest BCUT2D eigenvalue weighted by molar-refractivity contribution is 5.77. The molecule has 0 saturated carbocycles. The van der Waals surface area contributed by atoms with Crippen molar-refractivity contribution >= 4 is 5.91 Å². The highest BCUT2D eigenvalue weighted by Crippen LogP contribution is 1.97. The number of hydrogen-bond acceptors (Lipinski definition) is 3. The summed E-state index contributed by atoms with van der Waals surface area (Å²) in [6.45, 7) is 7.62. The van der Waals surface area contributed by atoms with E-state index in [2.05, 4.69) is 17.1 Å².